The molecular weight excluding hydrogens is 395 g/mol. The Balaban J connectivity index is 2.38. The second kappa shape index (κ2) is 8.29. The van der Waals surface area contributed by atoms with E-state index in [0.717, 1.165) is 16.1 Å². The molecule has 0 saturated heterocycles. The van der Waals surface area contributed by atoms with E-state index in [4.69, 9.17) is 23.2 Å². The van der Waals surface area contributed by atoms with Gasteiger partial charge in [-0.05, 0) is 49.2 Å². The molecule has 0 bridgehead atoms. The number of anilines is 2. The standard InChI is InChI=1S/C18H20Cl2N2O3S/c1-4-17(18(23)21-13-8-9-15(19)16(20)11-13)22(26(3,24)25)14-7-5-6-12(2)10-14/h5-11,17H,4H2,1-3H3,(H,21,23)/t17-/m0/s1. The maximum atomic E-state index is 12.8. The topological polar surface area (TPSA) is 66.5 Å². The molecule has 140 valence electrons. The molecule has 5 nitrogen and oxygen atoms in total. The highest BCUT2D eigenvalue weighted by Gasteiger charge is 2.31. The quantitative estimate of drug-likeness (QED) is 0.756. The van der Waals surface area contributed by atoms with Crippen molar-refractivity contribution >= 4 is 50.5 Å². The molecule has 26 heavy (non-hydrogen) atoms. The minimum absolute atomic E-state index is 0.300. The molecule has 8 heteroatoms. The van der Waals surface area contributed by atoms with Crippen molar-refractivity contribution in [2.45, 2.75) is 26.3 Å². The predicted molar refractivity (Wildman–Crippen MR) is 108 cm³/mol. The lowest BCUT2D eigenvalue weighted by molar-refractivity contribution is -0.117. The van der Waals surface area contributed by atoms with Gasteiger partial charge in [-0.2, -0.15) is 0 Å². The number of nitrogens with zero attached hydrogens (tertiary/aromatic N) is 1. The predicted octanol–water partition coefficient (Wildman–Crippen LogP) is 4.49. The fourth-order valence-electron chi connectivity index (χ4n) is 2.62. The van der Waals surface area contributed by atoms with Crippen LogP contribution in [0.25, 0.3) is 0 Å². The third kappa shape index (κ3) is 4.90. The molecule has 0 spiro atoms. The van der Waals surface area contributed by atoms with Crippen molar-refractivity contribution in [1.82, 2.24) is 0 Å². The van der Waals surface area contributed by atoms with E-state index in [2.05, 4.69) is 5.32 Å². The van der Waals surface area contributed by atoms with Gasteiger partial charge in [-0.1, -0.05) is 42.3 Å². The molecule has 1 atom stereocenters. The summed E-state index contributed by atoms with van der Waals surface area (Å²) in [5.41, 5.74) is 1.79. The Morgan fingerprint density at radius 3 is 2.38 bits per heavy atom. The fourth-order valence-corrected chi connectivity index (χ4v) is 4.13. The lowest BCUT2D eigenvalue weighted by Gasteiger charge is -2.30. The zero-order valence-corrected chi connectivity index (χ0v) is 17.0. The van der Waals surface area contributed by atoms with Gasteiger partial charge in [0.2, 0.25) is 15.9 Å². The lowest BCUT2D eigenvalue weighted by Crippen LogP contribution is -2.47. The molecule has 2 rings (SSSR count). The molecule has 0 radical (unpaired) electrons. The number of benzene rings is 2. The van der Waals surface area contributed by atoms with E-state index in [1.165, 1.54) is 6.07 Å². The number of amides is 1. The summed E-state index contributed by atoms with van der Waals surface area (Å²) in [6.07, 6.45) is 1.39. The summed E-state index contributed by atoms with van der Waals surface area (Å²) >= 11 is 11.8. The van der Waals surface area contributed by atoms with Crippen LogP contribution in [0.2, 0.25) is 10.0 Å². The lowest BCUT2D eigenvalue weighted by atomic mass is 10.1. The zero-order valence-electron chi connectivity index (χ0n) is 14.7. The first-order valence-electron chi connectivity index (χ1n) is 7.95. The highest BCUT2D eigenvalue weighted by atomic mass is 35.5. The van der Waals surface area contributed by atoms with Gasteiger partial charge in [0.15, 0.2) is 0 Å². The van der Waals surface area contributed by atoms with Crippen LogP contribution in [0.1, 0.15) is 18.9 Å². The molecule has 1 amide bonds. The van der Waals surface area contributed by atoms with Gasteiger partial charge in [0, 0.05) is 5.69 Å². The van der Waals surface area contributed by atoms with Gasteiger partial charge in [-0.25, -0.2) is 8.42 Å². The van der Waals surface area contributed by atoms with E-state index in [0.29, 0.717) is 27.8 Å². The number of aryl methyl sites for hydroxylation is 1. The van der Waals surface area contributed by atoms with Crippen molar-refractivity contribution in [2.75, 3.05) is 15.9 Å². The second-order valence-electron chi connectivity index (χ2n) is 5.94. The molecule has 0 aliphatic carbocycles. The van der Waals surface area contributed by atoms with E-state index < -0.39 is 22.0 Å². The smallest absolute Gasteiger partial charge is 0.248 e. The maximum absolute atomic E-state index is 12.8. The van der Waals surface area contributed by atoms with Crippen molar-refractivity contribution in [1.29, 1.82) is 0 Å². The number of carbonyl (C=O) groups is 1. The number of hydrogen-bond donors (Lipinski definition) is 1. The van der Waals surface area contributed by atoms with Crippen LogP contribution in [0.3, 0.4) is 0 Å². The normalized spacial score (nSPS) is 12.5. The Morgan fingerprint density at radius 1 is 1.15 bits per heavy atom. The van der Waals surface area contributed by atoms with Crippen LogP contribution in [0.4, 0.5) is 11.4 Å². The van der Waals surface area contributed by atoms with E-state index >= 15 is 0 Å². The summed E-state index contributed by atoms with van der Waals surface area (Å²) < 4.78 is 26.0. The van der Waals surface area contributed by atoms with Gasteiger partial charge in [-0.3, -0.25) is 9.10 Å². The second-order valence-corrected chi connectivity index (χ2v) is 8.61. The van der Waals surface area contributed by atoms with Crippen LogP contribution < -0.4 is 9.62 Å². The Bertz CT molecular complexity index is 916. The van der Waals surface area contributed by atoms with Crippen LogP contribution in [-0.2, 0) is 14.8 Å². The maximum Gasteiger partial charge on any atom is 0.248 e. The first-order valence-corrected chi connectivity index (χ1v) is 10.6. The molecule has 0 aliphatic rings. The largest absolute Gasteiger partial charge is 0.324 e. The molecule has 0 aliphatic heterocycles. The molecule has 2 aromatic carbocycles. The summed E-state index contributed by atoms with van der Waals surface area (Å²) in [6, 6.07) is 10.8. The van der Waals surface area contributed by atoms with E-state index in [9.17, 15) is 13.2 Å². The van der Waals surface area contributed by atoms with Gasteiger partial charge in [-0.15, -0.1) is 0 Å². The van der Waals surface area contributed by atoms with E-state index in [1.807, 2.05) is 13.0 Å². The van der Waals surface area contributed by atoms with Gasteiger partial charge in [0.25, 0.3) is 0 Å². The highest BCUT2D eigenvalue weighted by Crippen LogP contribution is 2.27. The first kappa shape index (κ1) is 20.6. The van der Waals surface area contributed by atoms with Crippen LogP contribution in [0.5, 0.6) is 0 Å². The van der Waals surface area contributed by atoms with Crippen molar-refractivity contribution in [2.24, 2.45) is 0 Å². The number of halogens is 2. The van der Waals surface area contributed by atoms with Crippen LogP contribution >= 0.6 is 23.2 Å². The van der Waals surface area contributed by atoms with Crippen molar-refractivity contribution in [3.05, 3.63) is 58.1 Å². The molecule has 2 aromatic rings. The summed E-state index contributed by atoms with van der Waals surface area (Å²) in [5.74, 6) is -0.446. The number of sulfonamides is 1. The number of hydrogen-bond acceptors (Lipinski definition) is 3. The Labute approximate surface area is 164 Å². The molecule has 0 heterocycles. The molecule has 0 saturated carbocycles. The van der Waals surface area contributed by atoms with Gasteiger partial charge < -0.3 is 5.32 Å². The van der Waals surface area contributed by atoms with Crippen molar-refractivity contribution in [3.63, 3.8) is 0 Å². The van der Waals surface area contributed by atoms with Gasteiger partial charge >= 0.3 is 0 Å². The average molecular weight is 415 g/mol. The highest BCUT2D eigenvalue weighted by molar-refractivity contribution is 7.92. The van der Waals surface area contributed by atoms with Gasteiger partial charge in [0.05, 0.1) is 22.0 Å². The Morgan fingerprint density at radius 2 is 1.85 bits per heavy atom. The van der Waals surface area contributed by atoms with Gasteiger partial charge in [0.1, 0.15) is 6.04 Å². The molecule has 0 aromatic heterocycles. The first-order chi connectivity index (χ1) is 12.1. The van der Waals surface area contributed by atoms with Crippen LogP contribution in [-0.4, -0.2) is 26.6 Å². The van der Waals surface area contributed by atoms with Crippen molar-refractivity contribution < 1.29 is 13.2 Å². The van der Waals surface area contributed by atoms with E-state index in [1.54, 1.807) is 37.3 Å². The monoisotopic (exact) mass is 414 g/mol. The van der Waals surface area contributed by atoms with Crippen LogP contribution in [0, 0.1) is 6.92 Å². The number of rotatable bonds is 6. The molecule has 0 unspecified atom stereocenters. The molecule has 0 fully saturated rings. The third-order valence-electron chi connectivity index (χ3n) is 3.77. The summed E-state index contributed by atoms with van der Waals surface area (Å²) in [6.45, 7) is 3.62. The minimum Gasteiger partial charge on any atom is -0.324 e. The number of nitrogens with one attached hydrogen (secondary N) is 1. The SMILES string of the molecule is CC[C@@H](C(=O)Nc1ccc(Cl)c(Cl)c1)N(c1cccc(C)c1)S(C)(=O)=O. The van der Waals surface area contributed by atoms with Crippen molar-refractivity contribution in [3.8, 4) is 0 Å². The summed E-state index contributed by atoms with van der Waals surface area (Å²) in [7, 11) is -3.67. The van der Waals surface area contributed by atoms with E-state index in [-0.39, 0.29) is 0 Å². The Kier molecular flexibility index (Phi) is 6.55. The average Bonchev–Trinajstić information content (AvgIpc) is 2.54. The Hall–Kier alpha value is -1.76. The fraction of sp³-hybridized carbons (Fsp3) is 0.278. The minimum atomic E-state index is -3.67. The third-order valence-corrected chi connectivity index (χ3v) is 5.69. The number of carbonyl (C=O) groups excluding carboxylic acids is 1. The zero-order chi connectivity index (χ0) is 19.5. The summed E-state index contributed by atoms with van der Waals surface area (Å²) in [5, 5.41) is 3.38. The van der Waals surface area contributed by atoms with Crippen LogP contribution in [0.15, 0.2) is 42.5 Å². The molecule has 1 N–H and O–H groups in total. The summed E-state index contributed by atoms with van der Waals surface area (Å²) in [4.78, 5) is 12.8. The molecular formula is C18H20Cl2N2O3S.